The normalized spacial score (nSPS) is 14.3. The molecule has 0 fully saturated rings. The maximum absolute atomic E-state index is 12.9. The predicted molar refractivity (Wildman–Crippen MR) is 69.2 cm³/mol. The summed E-state index contributed by atoms with van der Waals surface area (Å²) in [5.41, 5.74) is 1.02. The minimum Gasteiger partial charge on any atom is -0.300 e. The number of hydrogen-bond donors (Lipinski definition) is 0. The summed E-state index contributed by atoms with van der Waals surface area (Å²) >= 11 is 0. The molecule has 0 spiro atoms. The highest BCUT2D eigenvalue weighted by atomic mass is 19.4. The van der Waals surface area contributed by atoms with Crippen LogP contribution in [0.25, 0.3) is 0 Å². The lowest BCUT2D eigenvalue weighted by Gasteiger charge is -2.22. The van der Waals surface area contributed by atoms with Crippen molar-refractivity contribution < 1.29 is 18.0 Å². The molecular formula is C15H19F3O. The van der Waals surface area contributed by atoms with Gasteiger partial charge in [0.05, 0.1) is 5.92 Å². The van der Waals surface area contributed by atoms with Crippen LogP contribution in [0, 0.1) is 0 Å². The van der Waals surface area contributed by atoms with Crippen molar-refractivity contribution in [1.29, 1.82) is 0 Å². The van der Waals surface area contributed by atoms with E-state index >= 15 is 0 Å². The van der Waals surface area contributed by atoms with Gasteiger partial charge in [-0.1, -0.05) is 45.0 Å². The Kier molecular flexibility index (Phi) is 4.43. The molecule has 0 aromatic heterocycles. The van der Waals surface area contributed by atoms with E-state index in [2.05, 4.69) is 0 Å². The Morgan fingerprint density at radius 3 is 1.89 bits per heavy atom. The van der Waals surface area contributed by atoms with Gasteiger partial charge in [0, 0.05) is 6.42 Å². The highest BCUT2D eigenvalue weighted by molar-refractivity contribution is 5.76. The minimum absolute atomic E-state index is 0.104. The lowest BCUT2D eigenvalue weighted by Crippen LogP contribution is -2.23. The van der Waals surface area contributed by atoms with Crippen LogP contribution in [0.2, 0.25) is 0 Å². The first-order valence-corrected chi connectivity index (χ1v) is 6.18. The number of ketones is 1. The van der Waals surface area contributed by atoms with Crippen molar-refractivity contribution in [2.75, 3.05) is 0 Å². The fraction of sp³-hybridized carbons (Fsp3) is 0.533. The van der Waals surface area contributed by atoms with Crippen LogP contribution in [0.1, 0.15) is 51.2 Å². The van der Waals surface area contributed by atoms with E-state index in [0.29, 0.717) is 0 Å². The monoisotopic (exact) mass is 272 g/mol. The number of halogens is 3. The highest BCUT2D eigenvalue weighted by Gasteiger charge is 2.41. The van der Waals surface area contributed by atoms with Crippen molar-refractivity contribution in [3.63, 3.8) is 0 Å². The summed E-state index contributed by atoms with van der Waals surface area (Å²) in [6.07, 6.45) is -4.90. The Bertz CT molecular complexity index is 438. The summed E-state index contributed by atoms with van der Waals surface area (Å²) in [5.74, 6) is -2.17. The van der Waals surface area contributed by atoms with E-state index < -0.39 is 24.3 Å². The summed E-state index contributed by atoms with van der Waals surface area (Å²) in [7, 11) is 0. The summed E-state index contributed by atoms with van der Waals surface area (Å²) in [6, 6.07) is 6.35. The molecule has 0 amide bonds. The molecule has 0 radical (unpaired) electrons. The zero-order chi connectivity index (χ0) is 14.8. The Hall–Kier alpha value is -1.32. The quantitative estimate of drug-likeness (QED) is 0.785. The van der Waals surface area contributed by atoms with E-state index in [4.69, 9.17) is 0 Å². The second kappa shape index (κ2) is 5.35. The molecule has 1 atom stereocenters. The number of carbonyl (C=O) groups is 1. The molecule has 1 aromatic rings. The molecule has 106 valence electrons. The zero-order valence-electron chi connectivity index (χ0n) is 11.6. The van der Waals surface area contributed by atoms with Crippen molar-refractivity contribution in [2.45, 2.75) is 51.6 Å². The van der Waals surface area contributed by atoms with E-state index in [1.807, 2.05) is 20.8 Å². The second-order valence-electron chi connectivity index (χ2n) is 5.87. The molecule has 19 heavy (non-hydrogen) atoms. The molecule has 0 saturated heterocycles. The van der Waals surface area contributed by atoms with E-state index in [0.717, 1.165) is 5.56 Å². The third-order valence-corrected chi connectivity index (χ3v) is 3.07. The summed E-state index contributed by atoms with van der Waals surface area (Å²) in [6.45, 7) is 7.18. The van der Waals surface area contributed by atoms with E-state index in [1.54, 1.807) is 12.1 Å². The maximum Gasteiger partial charge on any atom is 0.396 e. The van der Waals surface area contributed by atoms with Gasteiger partial charge in [0.1, 0.15) is 5.78 Å². The lowest BCUT2D eigenvalue weighted by atomic mass is 9.85. The van der Waals surface area contributed by atoms with Crippen LogP contribution in [-0.2, 0) is 10.2 Å². The van der Waals surface area contributed by atoms with Gasteiger partial charge in [0.25, 0.3) is 0 Å². The van der Waals surface area contributed by atoms with Crippen molar-refractivity contribution in [3.05, 3.63) is 35.4 Å². The molecule has 0 saturated carbocycles. The van der Waals surface area contributed by atoms with Gasteiger partial charge in [-0.15, -0.1) is 0 Å². The minimum atomic E-state index is -4.39. The summed E-state index contributed by atoms with van der Waals surface area (Å²) in [4.78, 5) is 11.0. The van der Waals surface area contributed by atoms with Gasteiger partial charge >= 0.3 is 6.18 Å². The van der Waals surface area contributed by atoms with E-state index in [1.165, 1.54) is 19.1 Å². The number of hydrogen-bond acceptors (Lipinski definition) is 1. The van der Waals surface area contributed by atoms with Crippen LogP contribution in [0.3, 0.4) is 0 Å². The van der Waals surface area contributed by atoms with Crippen LogP contribution in [0.4, 0.5) is 13.2 Å². The Morgan fingerprint density at radius 1 is 1.11 bits per heavy atom. The second-order valence-corrected chi connectivity index (χ2v) is 5.87. The smallest absolute Gasteiger partial charge is 0.300 e. The first-order chi connectivity index (χ1) is 8.51. The van der Waals surface area contributed by atoms with Gasteiger partial charge in [0.2, 0.25) is 0 Å². The number of Topliss-reactive ketones (excluding diaryl/α,β-unsaturated/α-hetero) is 1. The average Bonchev–Trinajstić information content (AvgIpc) is 2.23. The van der Waals surface area contributed by atoms with Crippen molar-refractivity contribution in [1.82, 2.24) is 0 Å². The standard InChI is InChI=1S/C15H19F3O/c1-10(19)9-13(15(16,17)18)11-5-7-12(8-6-11)14(2,3)4/h5-8,13H,9H2,1-4H3/t13-/m0/s1. The lowest BCUT2D eigenvalue weighted by molar-refractivity contribution is -0.156. The van der Waals surface area contributed by atoms with Crippen molar-refractivity contribution in [2.24, 2.45) is 0 Å². The number of carbonyl (C=O) groups excluding carboxylic acids is 1. The average molecular weight is 272 g/mol. The third-order valence-electron chi connectivity index (χ3n) is 3.07. The maximum atomic E-state index is 12.9. The molecule has 0 N–H and O–H groups in total. The Morgan fingerprint density at radius 2 is 1.58 bits per heavy atom. The van der Waals surface area contributed by atoms with Gasteiger partial charge in [-0.25, -0.2) is 0 Å². The third kappa shape index (κ3) is 4.37. The van der Waals surface area contributed by atoms with Gasteiger partial charge < -0.3 is 4.79 Å². The van der Waals surface area contributed by atoms with Gasteiger partial charge in [-0.3, -0.25) is 0 Å². The van der Waals surface area contributed by atoms with Gasteiger partial charge in [-0.2, -0.15) is 13.2 Å². The molecule has 1 aromatic carbocycles. The summed E-state index contributed by atoms with van der Waals surface area (Å²) < 4.78 is 38.8. The molecule has 0 unspecified atom stereocenters. The van der Waals surface area contributed by atoms with Crippen molar-refractivity contribution in [3.8, 4) is 0 Å². The molecule has 0 aliphatic heterocycles. The zero-order valence-corrected chi connectivity index (χ0v) is 11.6. The van der Waals surface area contributed by atoms with Crippen molar-refractivity contribution >= 4 is 5.78 Å². The fourth-order valence-electron chi connectivity index (χ4n) is 1.93. The number of alkyl halides is 3. The van der Waals surface area contributed by atoms with Crippen LogP contribution < -0.4 is 0 Å². The molecule has 0 aliphatic carbocycles. The molecule has 1 rings (SSSR count). The summed E-state index contributed by atoms with van der Waals surface area (Å²) in [5, 5.41) is 0. The first kappa shape index (κ1) is 15.7. The van der Waals surface area contributed by atoms with E-state index in [9.17, 15) is 18.0 Å². The van der Waals surface area contributed by atoms with Crippen LogP contribution in [0.15, 0.2) is 24.3 Å². The topological polar surface area (TPSA) is 17.1 Å². The Labute approximate surface area is 111 Å². The predicted octanol–water partition coefficient (Wildman–Crippen LogP) is 4.61. The molecule has 1 nitrogen and oxygen atoms in total. The largest absolute Gasteiger partial charge is 0.396 e. The number of rotatable bonds is 3. The van der Waals surface area contributed by atoms with Crippen LogP contribution in [-0.4, -0.2) is 12.0 Å². The van der Waals surface area contributed by atoms with E-state index in [-0.39, 0.29) is 11.0 Å². The molecule has 4 heteroatoms. The number of benzene rings is 1. The molecular weight excluding hydrogens is 253 g/mol. The van der Waals surface area contributed by atoms with Crippen LogP contribution >= 0.6 is 0 Å². The first-order valence-electron chi connectivity index (χ1n) is 6.18. The van der Waals surface area contributed by atoms with Crippen LogP contribution in [0.5, 0.6) is 0 Å². The van der Waals surface area contributed by atoms with Gasteiger partial charge in [0.15, 0.2) is 0 Å². The molecule has 0 heterocycles. The Balaban J connectivity index is 3.08. The molecule has 0 bridgehead atoms. The molecule has 0 aliphatic rings. The van der Waals surface area contributed by atoms with Gasteiger partial charge in [-0.05, 0) is 23.5 Å². The highest BCUT2D eigenvalue weighted by Crippen LogP contribution is 2.38. The fourth-order valence-corrected chi connectivity index (χ4v) is 1.93. The SMILES string of the molecule is CC(=O)C[C@@H](c1ccc(C(C)(C)C)cc1)C(F)(F)F.